The Labute approximate surface area is 125 Å². The number of hydrogen-bond acceptors (Lipinski definition) is 8. The quantitative estimate of drug-likeness (QED) is 0.739. The van der Waals surface area contributed by atoms with Crippen molar-refractivity contribution < 1.29 is 19.3 Å². The van der Waals surface area contributed by atoms with Crippen LogP contribution in [-0.2, 0) is 19.9 Å². The predicted octanol–water partition coefficient (Wildman–Crippen LogP) is -0.613. The van der Waals surface area contributed by atoms with Gasteiger partial charge in [0.1, 0.15) is 18.5 Å². The largest absolute Gasteiger partial charge is 0.461 e. The van der Waals surface area contributed by atoms with Crippen LogP contribution in [0.2, 0.25) is 0 Å². The molecule has 116 valence electrons. The van der Waals surface area contributed by atoms with E-state index in [-0.39, 0.29) is 17.3 Å². The summed E-state index contributed by atoms with van der Waals surface area (Å²) < 4.78 is 17.8. The summed E-state index contributed by atoms with van der Waals surface area (Å²) in [6, 6.07) is 3.29. The van der Waals surface area contributed by atoms with Crippen molar-refractivity contribution in [3.63, 3.8) is 0 Å². The predicted molar refractivity (Wildman–Crippen MR) is 71.7 cm³/mol. The van der Waals surface area contributed by atoms with Crippen molar-refractivity contribution in [3.8, 4) is 6.07 Å². The highest BCUT2D eigenvalue weighted by molar-refractivity contribution is 5.30. The summed E-state index contributed by atoms with van der Waals surface area (Å²) in [5.74, 6) is -0.762. The fourth-order valence-corrected chi connectivity index (χ4v) is 2.52. The third-order valence-electron chi connectivity index (χ3n) is 3.39. The van der Waals surface area contributed by atoms with Crippen molar-refractivity contribution >= 4 is 5.82 Å². The topological polar surface area (TPSA) is 133 Å². The van der Waals surface area contributed by atoms with E-state index in [2.05, 4.69) is 4.98 Å². The average molecular weight is 306 g/mol. The van der Waals surface area contributed by atoms with Crippen LogP contribution in [0.25, 0.3) is 0 Å². The van der Waals surface area contributed by atoms with Crippen LogP contribution >= 0.6 is 0 Å². The van der Waals surface area contributed by atoms with Crippen molar-refractivity contribution in [1.82, 2.24) is 9.55 Å². The molecule has 3 heterocycles. The number of nitrogens with zero attached hydrogens (tertiary/aromatic N) is 3. The van der Waals surface area contributed by atoms with Crippen molar-refractivity contribution in [3.05, 3.63) is 34.3 Å². The summed E-state index contributed by atoms with van der Waals surface area (Å²) in [7, 11) is 0. The van der Waals surface area contributed by atoms with E-state index in [0.29, 0.717) is 0 Å². The first-order valence-corrected chi connectivity index (χ1v) is 6.49. The maximum Gasteiger partial charge on any atom is 0.353 e. The van der Waals surface area contributed by atoms with Crippen molar-refractivity contribution in [1.29, 1.82) is 5.26 Å². The first kappa shape index (κ1) is 14.4. The van der Waals surface area contributed by atoms with E-state index in [1.165, 1.54) is 12.3 Å². The summed E-state index contributed by atoms with van der Waals surface area (Å²) in [5, 5.41) is 19.1. The standard InChI is InChI=1S/C13H14N4O5/c1-12(2)21-9-7(5-18)20-13(6-14,10(9)22-12)17-4-3-8(15)16-11(17)19/h3-4,10,18H,5H2,1-2H3,(H2,15,16,19)/t10?,13-/m1/s1. The van der Waals surface area contributed by atoms with Crippen LogP contribution in [0.3, 0.4) is 0 Å². The second kappa shape index (κ2) is 4.46. The van der Waals surface area contributed by atoms with Gasteiger partial charge in [0, 0.05) is 20.0 Å². The molecule has 9 heteroatoms. The smallest absolute Gasteiger partial charge is 0.353 e. The summed E-state index contributed by atoms with van der Waals surface area (Å²) in [6.07, 6.45) is 0.290. The van der Waals surface area contributed by atoms with Gasteiger partial charge in [0.15, 0.2) is 17.6 Å². The summed E-state index contributed by atoms with van der Waals surface area (Å²) in [6.45, 7) is 2.81. The van der Waals surface area contributed by atoms with Gasteiger partial charge in [0.2, 0.25) is 5.79 Å². The van der Waals surface area contributed by atoms with Crippen LogP contribution in [0.1, 0.15) is 13.8 Å². The number of nitrogen functional groups attached to an aromatic ring is 1. The highest BCUT2D eigenvalue weighted by Gasteiger charge is 2.61. The average Bonchev–Trinajstić information content (AvgIpc) is 2.91. The lowest BCUT2D eigenvalue weighted by atomic mass is 10.1. The Hall–Kier alpha value is -2.57. The van der Waals surface area contributed by atoms with E-state index in [9.17, 15) is 15.2 Å². The monoisotopic (exact) mass is 306 g/mol. The zero-order chi connectivity index (χ0) is 16.1. The highest BCUT2D eigenvalue weighted by atomic mass is 16.8. The molecule has 0 amide bonds. The Balaban J connectivity index is 2.17. The molecule has 0 saturated carbocycles. The Morgan fingerprint density at radius 1 is 1.55 bits per heavy atom. The number of hydrogen-bond donors (Lipinski definition) is 2. The summed E-state index contributed by atoms with van der Waals surface area (Å²) in [5.41, 5.74) is 2.84. The van der Waals surface area contributed by atoms with Gasteiger partial charge in [0.05, 0.1) is 0 Å². The minimum absolute atomic E-state index is 0.0202. The Morgan fingerprint density at radius 2 is 2.27 bits per heavy atom. The molecule has 0 aromatic carbocycles. The van der Waals surface area contributed by atoms with Gasteiger partial charge in [0.25, 0.3) is 0 Å². The zero-order valence-electron chi connectivity index (χ0n) is 11.9. The number of aliphatic hydroxyl groups excluding tert-OH is 1. The molecule has 2 aliphatic heterocycles. The van der Waals surface area contributed by atoms with Crippen molar-refractivity contribution in [2.24, 2.45) is 0 Å². The van der Waals surface area contributed by atoms with Gasteiger partial charge in [-0.05, 0) is 6.07 Å². The van der Waals surface area contributed by atoms with E-state index < -0.39 is 29.9 Å². The van der Waals surface area contributed by atoms with E-state index in [1.807, 2.05) is 6.07 Å². The first-order chi connectivity index (χ1) is 10.3. The minimum atomic E-state index is -1.85. The molecule has 2 atom stereocenters. The van der Waals surface area contributed by atoms with Crippen LogP contribution in [0.4, 0.5) is 5.82 Å². The normalized spacial score (nSPS) is 28.7. The third kappa shape index (κ3) is 1.85. The van der Waals surface area contributed by atoms with Crippen LogP contribution in [0.15, 0.2) is 28.6 Å². The molecular weight excluding hydrogens is 292 g/mol. The number of fused-ring (bicyclic) bond motifs is 1. The highest BCUT2D eigenvalue weighted by Crippen LogP contribution is 2.47. The first-order valence-electron chi connectivity index (χ1n) is 6.49. The van der Waals surface area contributed by atoms with Gasteiger partial charge in [-0.15, -0.1) is 0 Å². The summed E-state index contributed by atoms with van der Waals surface area (Å²) in [4.78, 5) is 15.7. The van der Waals surface area contributed by atoms with Gasteiger partial charge < -0.3 is 25.1 Å². The molecule has 0 aliphatic carbocycles. The lowest BCUT2D eigenvalue weighted by Gasteiger charge is -2.29. The van der Waals surface area contributed by atoms with E-state index in [1.54, 1.807) is 13.8 Å². The van der Waals surface area contributed by atoms with Crippen molar-refractivity contribution in [2.75, 3.05) is 12.3 Å². The lowest BCUT2D eigenvalue weighted by Crippen LogP contribution is -2.49. The van der Waals surface area contributed by atoms with Crippen LogP contribution in [0.5, 0.6) is 0 Å². The molecule has 1 aromatic rings. The lowest BCUT2D eigenvalue weighted by molar-refractivity contribution is -0.185. The molecular formula is C13H14N4O5. The number of ether oxygens (including phenoxy) is 3. The Morgan fingerprint density at radius 3 is 2.86 bits per heavy atom. The molecule has 1 fully saturated rings. The van der Waals surface area contributed by atoms with Gasteiger partial charge in [-0.25, -0.2) is 9.36 Å². The number of nitriles is 1. The Bertz CT molecular complexity index is 762. The molecule has 1 unspecified atom stereocenters. The number of nitrogens with two attached hydrogens (primary N) is 1. The van der Waals surface area contributed by atoms with Crippen molar-refractivity contribution in [2.45, 2.75) is 31.5 Å². The molecule has 2 aliphatic rings. The minimum Gasteiger partial charge on any atom is -0.461 e. The van der Waals surface area contributed by atoms with Gasteiger partial charge in [-0.1, -0.05) is 0 Å². The Kier molecular flexibility index (Phi) is 2.91. The second-order valence-corrected chi connectivity index (χ2v) is 5.36. The molecule has 0 spiro atoms. The van der Waals surface area contributed by atoms with E-state index >= 15 is 0 Å². The molecule has 9 nitrogen and oxygen atoms in total. The molecule has 0 bridgehead atoms. The third-order valence-corrected chi connectivity index (χ3v) is 3.39. The maximum absolute atomic E-state index is 12.1. The SMILES string of the molecule is CC1(C)OC2=C(CO)O[C@@](C#N)(n3ccc(N)nc3=O)C2O1. The fourth-order valence-electron chi connectivity index (χ4n) is 2.52. The molecule has 1 saturated heterocycles. The number of aromatic nitrogens is 2. The number of aliphatic hydroxyl groups is 1. The molecule has 22 heavy (non-hydrogen) atoms. The van der Waals surface area contributed by atoms with Crippen LogP contribution in [0, 0.1) is 11.3 Å². The van der Waals surface area contributed by atoms with E-state index in [4.69, 9.17) is 19.9 Å². The molecule has 0 radical (unpaired) electrons. The summed E-state index contributed by atoms with van der Waals surface area (Å²) >= 11 is 0. The molecule has 1 aromatic heterocycles. The fraction of sp³-hybridized carbons (Fsp3) is 0.462. The number of rotatable bonds is 2. The van der Waals surface area contributed by atoms with Gasteiger partial charge in [-0.2, -0.15) is 10.2 Å². The van der Waals surface area contributed by atoms with E-state index in [0.717, 1.165) is 4.57 Å². The molecule has 3 N–H and O–H groups in total. The van der Waals surface area contributed by atoms with Crippen LogP contribution in [-0.4, -0.2) is 33.2 Å². The van der Waals surface area contributed by atoms with Gasteiger partial charge in [-0.3, -0.25) is 0 Å². The second-order valence-electron chi connectivity index (χ2n) is 5.36. The number of anilines is 1. The maximum atomic E-state index is 12.1. The zero-order valence-corrected chi connectivity index (χ0v) is 11.9. The van der Waals surface area contributed by atoms with Crippen LogP contribution < -0.4 is 11.4 Å². The van der Waals surface area contributed by atoms with Gasteiger partial charge >= 0.3 is 11.4 Å². The molecule has 3 rings (SSSR count).